The number of benzene rings is 2. The summed E-state index contributed by atoms with van der Waals surface area (Å²) in [6.45, 7) is 3.42. The van der Waals surface area contributed by atoms with Crippen LogP contribution in [-0.2, 0) is 4.79 Å². The molecular weight excluding hydrogens is 384 g/mol. The molecule has 3 amide bonds. The molecule has 1 aliphatic rings. The molecule has 5 nitrogen and oxygen atoms in total. The van der Waals surface area contributed by atoms with E-state index in [0.29, 0.717) is 11.1 Å². The second-order valence-electron chi connectivity index (χ2n) is 5.99. The van der Waals surface area contributed by atoms with Crippen molar-refractivity contribution in [1.29, 1.82) is 0 Å². The summed E-state index contributed by atoms with van der Waals surface area (Å²) in [5.74, 6) is -1.24. The summed E-state index contributed by atoms with van der Waals surface area (Å²) in [6, 6.07) is 13.1. The molecular formula is C19H17BrN2O3. The van der Waals surface area contributed by atoms with Crippen molar-refractivity contribution < 1.29 is 14.4 Å². The van der Waals surface area contributed by atoms with Gasteiger partial charge in [-0.3, -0.25) is 19.3 Å². The van der Waals surface area contributed by atoms with Crippen molar-refractivity contribution in [1.82, 2.24) is 10.2 Å². The van der Waals surface area contributed by atoms with Crippen LogP contribution in [0.5, 0.6) is 0 Å². The molecule has 0 spiro atoms. The Morgan fingerprint density at radius 1 is 1.00 bits per heavy atom. The molecule has 0 saturated heterocycles. The molecule has 0 fully saturated rings. The number of imide groups is 1. The van der Waals surface area contributed by atoms with Crippen molar-refractivity contribution in [3.05, 3.63) is 69.7 Å². The summed E-state index contributed by atoms with van der Waals surface area (Å²) in [5, 5.41) is 2.86. The molecule has 2 aromatic rings. The first kappa shape index (κ1) is 17.4. The smallest absolute Gasteiger partial charge is 0.262 e. The van der Waals surface area contributed by atoms with Crippen molar-refractivity contribution in [2.45, 2.75) is 25.9 Å². The van der Waals surface area contributed by atoms with Gasteiger partial charge < -0.3 is 5.32 Å². The highest BCUT2D eigenvalue weighted by molar-refractivity contribution is 9.10. The van der Waals surface area contributed by atoms with E-state index in [1.54, 1.807) is 31.2 Å². The Balaban J connectivity index is 1.75. The summed E-state index contributed by atoms with van der Waals surface area (Å²) in [6.07, 6.45) is 0. The number of amides is 3. The Labute approximate surface area is 154 Å². The predicted octanol–water partition coefficient (Wildman–Crippen LogP) is 3.31. The minimum Gasteiger partial charge on any atom is -0.348 e. The van der Waals surface area contributed by atoms with E-state index in [1.165, 1.54) is 0 Å². The van der Waals surface area contributed by atoms with E-state index in [4.69, 9.17) is 0 Å². The molecule has 1 N–H and O–H groups in total. The fraction of sp³-hybridized carbons (Fsp3) is 0.211. The highest BCUT2D eigenvalue weighted by atomic mass is 79.9. The van der Waals surface area contributed by atoms with E-state index in [0.717, 1.165) is 14.9 Å². The largest absolute Gasteiger partial charge is 0.348 e. The zero-order valence-corrected chi connectivity index (χ0v) is 15.4. The first-order chi connectivity index (χ1) is 11.9. The maximum Gasteiger partial charge on any atom is 0.262 e. The van der Waals surface area contributed by atoms with Gasteiger partial charge in [0.25, 0.3) is 11.8 Å². The van der Waals surface area contributed by atoms with Gasteiger partial charge in [0, 0.05) is 4.47 Å². The molecule has 25 heavy (non-hydrogen) atoms. The lowest BCUT2D eigenvalue weighted by Gasteiger charge is -2.24. The monoisotopic (exact) mass is 400 g/mol. The van der Waals surface area contributed by atoms with Crippen LogP contribution in [0.1, 0.15) is 46.2 Å². The van der Waals surface area contributed by atoms with Gasteiger partial charge in [-0.05, 0) is 43.7 Å². The van der Waals surface area contributed by atoms with Crippen LogP contribution in [0.25, 0.3) is 0 Å². The van der Waals surface area contributed by atoms with E-state index in [2.05, 4.69) is 21.2 Å². The van der Waals surface area contributed by atoms with Crippen LogP contribution in [0.3, 0.4) is 0 Å². The number of hydrogen-bond acceptors (Lipinski definition) is 3. The van der Waals surface area contributed by atoms with Crippen LogP contribution < -0.4 is 5.32 Å². The van der Waals surface area contributed by atoms with Gasteiger partial charge in [0.2, 0.25) is 5.91 Å². The number of nitrogens with one attached hydrogen (secondary N) is 1. The normalized spacial score (nSPS) is 15.7. The van der Waals surface area contributed by atoms with Crippen molar-refractivity contribution in [2.24, 2.45) is 0 Å². The summed E-state index contributed by atoms with van der Waals surface area (Å²) in [4.78, 5) is 38.5. The summed E-state index contributed by atoms with van der Waals surface area (Å²) >= 11 is 3.40. The van der Waals surface area contributed by atoms with Gasteiger partial charge in [0.05, 0.1) is 17.2 Å². The Bertz CT molecular complexity index is 830. The van der Waals surface area contributed by atoms with Gasteiger partial charge in [-0.25, -0.2) is 0 Å². The second-order valence-corrected chi connectivity index (χ2v) is 6.90. The third-order valence-electron chi connectivity index (χ3n) is 4.30. The van der Waals surface area contributed by atoms with E-state index in [9.17, 15) is 14.4 Å². The van der Waals surface area contributed by atoms with Gasteiger partial charge >= 0.3 is 0 Å². The molecule has 128 valence electrons. The summed E-state index contributed by atoms with van der Waals surface area (Å²) in [7, 11) is 0. The van der Waals surface area contributed by atoms with E-state index >= 15 is 0 Å². The molecule has 1 heterocycles. The zero-order valence-electron chi connectivity index (χ0n) is 13.8. The Hall–Kier alpha value is -2.47. The van der Waals surface area contributed by atoms with Crippen molar-refractivity contribution >= 4 is 33.7 Å². The Kier molecular flexibility index (Phi) is 4.72. The molecule has 2 atom stereocenters. The van der Waals surface area contributed by atoms with Crippen LogP contribution in [0.4, 0.5) is 0 Å². The van der Waals surface area contributed by atoms with Crippen LogP contribution in [0.15, 0.2) is 53.0 Å². The lowest BCUT2D eigenvalue weighted by molar-refractivity contribution is -0.125. The fourth-order valence-corrected chi connectivity index (χ4v) is 3.29. The fourth-order valence-electron chi connectivity index (χ4n) is 2.87. The first-order valence-electron chi connectivity index (χ1n) is 7.93. The molecule has 0 aromatic heterocycles. The standard InChI is InChI=1S/C19H17BrN2O3/c1-11(13-6-5-7-14(20)10-13)21-17(23)12(2)22-18(24)15-8-3-4-9-16(15)19(22)25/h3-12H,1-2H3,(H,21,23). The van der Waals surface area contributed by atoms with Crippen LogP contribution >= 0.6 is 15.9 Å². The molecule has 6 heteroatoms. The maximum absolute atomic E-state index is 12.6. The van der Waals surface area contributed by atoms with Gasteiger partial charge in [0.1, 0.15) is 6.04 Å². The lowest BCUT2D eigenvalue weighted by atomic mass is 10.1. The molecule has 0 saturated carbocycles. The van der Waals surface area contributed by atoms with Crippen molar-refractivity contribution in [2.75, 3.05) is 0 Å². The number of rotatable bonds is 4. The Morgan fingerprint density at radius 2 is 1.60 bits per heavy atom. The van der Waals surface area contributed by atoms with E-state index in [1.807, 2.05) is 31.2 Å². The predicted molar refractivity (Wildman–Crippen MR) is 97.1 cm³/mol. The van der Waals surface area contributed by atoms with E-state index < -0.39 is 17.9 Å². The van der Waals surface area contributed by atoms with E-state index in [-0.39, 0.29) is 11.9 Å². The second kappa shape index (κ2) is 6.80. The highest BCUT2D eigenvalue weighted by Gasteiger charge is 2.40. The molecule has 0 radical (unpaired) electrons. The SMILES string of the molecule is CC(NC(=O)C(C)N1C(=O)c2ccccc2C1=O)c1cccc(Br)c1. The number of halogens is 1. The molecule has 1 aliphatic heterocycles. The molecule has 2 aromatic carbocycles. The number of fused-ring (bicyclic) bond motifs is 1. The first-order valence-corrected chi connectivity index (χ1v) is 8.72. The third kappa shape index (κ3) is 3.22. The molecule has 2 unspecified atom stereocenters. The maximum atomic E-state index is 12.6. The number of carbonyl (C=O) groups excluding carboxylic acids is 3. The topological polar surface area (TPSA) is 66.5 Å². The number of carbonyl (C=O) groups is 3. The van der Waals surface area contributed by atoms with Gasteiger partial charge in [-0.2, -0.15) is 0 Å². The number of hydrogen-bond donors (Lipinski definition) is 1. The average molecular weight is 401 g/mol. The van der Waals surface area contributed by atoms with Crippen molar-refractivity contribution in [3.8, 4) is 0 Å². The minimum atomic E-state index is -0.887. The van der Waals surface area contributed by atoms with Crippen LogP contribution in [0, 0.1) is 0 Å². The third-order valence-corrected chi connectivity index (χ3v) is 4.79. The molecule has 0 aliphatic carbocycles. The van der Waals surface area contributed by atoms with Gasteiger partial charge in [-0.15, -0.1) is 0 Å². The summed E-state index contributed by atoms with van der Waals surface area (Å²) in [5.41, 5.74) is 1.61. The lowest BCUT2D eigenvalue weighted by Crippen LogP contribution is -2.48. The van der Waals surface area contributed by atoms with Crippen LogP contribution in [0.2, 0.25) is 0 Å². The molecule has 0 bridgehead atoms. The van der Waals surface area contributed by atoms with Crippen molar-refractivity contribution in [3.63, 3.8) is 0 Å². The average Bonchev–Trinajstić information content (AvgIpc) is 2.85. The van der Waals surface area contributed by atoms with Gasteiger partial charge in [-0.1, -0.05) is 40.2 Å². The van der Waals surface area contributed by atoms with Crippen LogP contribution in [-0.4, -0.2) is 28.7 Å². The highest BCUT2D eigenvalue weighted by Crippen LogP contribution is 2.25. The zero-order chi connectivity index (χ0) is 18.1. The Morgan fingerprint density at radius 3 is 2.16 bits per heavy atom. The summed E-state index contributed by atoms with van der Waals surface area (Å²) < 4.78 is 0.916. The number of nitrogens with zero attached hydrogens (tertiary/aromatic N) is 1. The quantitative estimate of drug-likeness (QED) is 0.800. The minimum absolute atomic E-state index is 0.248. The van der Waals surface area contributed by atoms with Gasteiger partial charge in [0.15, 0.2) is 0 Å². The molecule has 3 rings (SSSR count).